The molecular formula is C26H24ClN5O5. The molecule has 2 aromatic heterocycles. The highest BCUT2D eigenvalue weighted by atomic mass is 35.5. The summed E-state index contributed by atoms with van der Waals surface area (Å²) in [6.45, 7) is 1.87. The van der Waals surface area contributed by atoms with Gasteiger partial charge in [0.05, 0.1) is 19.0 Å². The van der Waals surface area contributed by atoms with Gasteiger partial charge in [0.1, 0.15) is 11.1 Å². The molecule has 190 valence electrons. The van der Waals surface area contributed by atoms with Gasteiger partial charge in [-0.25, -0.2) is 14.8 Å². The number of aryl methyl sites for hydroxylation is 1. The largest absolute Gasteiger partial charge is 0.479 e. The van der Waals surface area contributed by atoms with Gasteiger partial charge >= 0.3 is 5.69 Å². The monoisotopic (exact) mass is 521 g/mol. The molecule has 3 aromatic rings. The summed E-state index contributed by atoms with van der Waals surface area (Å²) < 4.78 is 7.28. The van der Waals surface area contributed by atoms with E-state index in [1.54, 1.807) is 18.2 Å². The van der Waals surface area contributed by atoms with Gasteiger partial charge in [-0.1, -0.05) is 55.0 Å². The number of carbonyl (C=O) groups is 2. The normalized spacial score (nSPS) is 18.7. The molecule has 11 heteroatoms. The third kappa shape index (κ3) is 4.40. The van der Waals surface area contributed by atoms with E-state index in [1.165, 1.54) is 33.6 Å². The highest BCUT2D eigenvalue weighted by molar-refractivity contribution is 6.32. The van der Waals surface area contributed by atoms with E-state index in [2.05, 4.69) is 15.3 Å². The minimum atomic E-state index is -1.33. The number of allylic oxidation sites excluding steroid dienone is 2. The second-order valence-corrected chi connectivity index (χ2v) is 8.98. The molecule has 2 heterocycles. The van der Waals surface area contributed by atoms with Crippen LogP contribution in [0.4, 0.5) is 0 Å². The number of aromatic nitrogens is 4. The van der Waals surface area contributed by atoms with Crippen LogP contribution in [0.5, 0.6) is 5.88 Å². The average molecular weight is 522 g/mol. The first-order valence-corrected chi connectivity index (χ1v) is 11.6. The van der Waals surface area contributed by atoms with Crippen LogP contribution in [0, 0.1) is 5.92 Å². The molecule has 0 aliphatic heterocycles. The van der Waals surface area contributed by atoms with Gasteiger partial charge in [-0.05, 0) is 17.2 Å². The Morgan fingerprint density at radius 1 is 1.24 bits per heavy atom. The molecule has 0 saturated carbocycles. The van der Waals surface area contributed by atoms with Crippen molar-refractivity contribution in [3.05, 3.63) is 103 Å². The standard InChI is InChI=1S/C26H24ClN5O5/c1-15-16(17-8-5-6-10-19(17)27)9-7-11-26(15,21-12-28-20(14-33)23(29-21)37-4)30-22(34)18-13-31(2)25(36)32(3)24(18)35/h5-15H,1-4H3,(H,30,34). The van der Waals surface area contributed by atoms with Crippen molar-refractivity contribution in [1.82, 2.24) is 24.4 Å². The smallest absolute Gasteiger partial charge is 0.330 e. The SMILES string of the molecule is COc1nc(C2(NC(=O)c3cn(C)c(=O)n(C)c3=O)C=CC=C(c3ccccc3Cl)C2C)cnc1C=O. The molecule has 1 aliphatic rings. The zero-order valence-corrected chi connectivity index (χ0v) is 21.3. The number of benzene rings is 1. The number of aldehydes is 1. The van der Waals surface area contributed by atoms with Crippen molar-refractivity contribution in [2.24, 2.45) is 20.0 Å². The summed E-state index contributed by atoms with van der Waals surface area (Å²) >= 11 is 6.51. The summed E-state index contributed by atoms with van der Waals surface area (Å²) in [7, 11) is 4.10. The van der Waals surface area contributed by atoms with Crippen molar-refractivity contribution in [2.45, 2.75) is 12.5 Å². The maximum Gasteiger partial charge on any atom is 0.330 e. The minimum Gasteiger partial charge on any atom is -0.479 e. The van der Waals surface area contributed by atoms with Gasteiger partial charge in [-0.2, -0.15) is 0 Å². The lowest BCUT2D eigenvalue weighted by atomic mass is 9.72. The second-order valence-electron chi connectivity index (χ2n) is 8.57. The fourth-order valence-corrected chi connectivity index (χ4v) is 4.65. The van der Waals surface area contributed by atoms with E-state index in [0.29, 0.717) is 11.3 Å². The first-order valence-electron chi connectivity index (χ1n) is 11.2. The van der Waals surface area contributed by atoms with Crippen LogP contribution < -0.4 is 21.3 Å². The van der Waals surface area contributed by atoms with Crippen LogP contribution in [0.1, 0.15) is 39.0 Å². The lowest BCUT2D eigenvalue weighted by Crippen LogP contribution is -2.52. The second kappa shape index (κ2) is 9.98. The van der Waals surface area contributed by atoms with Crippen molar-refractivity contribution in [1.29, 1.82) is 0 Å². The number of halogens is 1. The summed E-state index contributed by atoms with van der Waals surface area (Å²) in [4.78, 5) is 58.7. The average Bonchev–Trinajstić information content (AvgIpc) is 2.90. The van der Waals surface area contributed by atoms with Crippen LogP contribution in [0.3, 0.4) is 0 Å². The van der Waals surface area contributed by atoms with E-state index >= 15 is 0 Å². The van der Waals surface area contributed by atoms with Gasteiger partial charge in [0.15, 0.2) is 12.0 Å². The number of methoxy groups -OCH3 is 1. The number of carbonyl (C=O) groups excluding carboxylic acids is 2. The van der Waals surface area contributed by atoms with E-state index in [-0.39, 0.29) is 22.8 Å². The number of amides is 1. The molecule has 2 atom stereocenters. The number of rotatable bonds is 6. The maximum absolute atomic E-state index is 13.6. The van der Waals surface area contributed by atoms with Gasteiger partial charge < -0.3 is 14.6 Å². The van der Waals surface area contributed by atoms with Gasteiger partial charge in [-0.15, -0.1) is 0 Å². The lowest BCUT2D eigenvalue weighted by molar-refractivity contribution is 0.0895. The maximum atomic E-state index is 13.6. The Balaban J connectivity index is 1.91. The van der Waals surface area contributed by atoms with Gasteiger partial charge in [-0.3, -0.25) is 19.0 Å². The summed E-state index contributed by atoms with van der Waals surface area (Å²) in [6, 6.07) is 7.29. The van der Waals surface area contributed by atoms with Crippen LogP contribution >= 0.6 is 11.6 Å². The fourth-order valence-electron chi connectivity index (χ4n) is 4.41. The van der Waals surface area contributed by atoms with E-state index in [4.69, 9.17) is 16.3 Å². The van der Waals surface area contributed by atoms with Gasteiger partial charge in [0, 0.05) is 31.2 Å². The predicted octanol–water partition coefficient (Wildman–Crippen LogP) is 2.26. The molecule has 0 fully saturated rings. The highest BCUT2D eigenvalue weighted by Crippen LogP contribution is 2.43. The number of nitrogens with one attached hydrogen (secondary N) is 1. The third-order valence-electron chi connectivity index (χ3n) is 6.48. The minimum absolute atomic E-state index is 0.00559. The van der Waals surface area contributed by atoms with Crippen LogP contribution in [0.25, 0.3) is 5.57 Å². The lowest BCUT2D eigenvalue weighted by Gasteiger charge is -2.40. The number of hydrogen-bond donors (Lipinski definition) is 1. The molecule has 37 heavy (non-hydrogen) atoms. The molecule has 0 spiro atoms. The molecule has 0 saturated heterocycles. The van der Waals surface area contributed by atoms with E-state index in [1.807, 2.05) is 31.2 Å². The Labute approximate surface area is 216 Å². The summed E-state index contributed by atoms with van der Waals surface area (Å²) in [5.41, 5.74) is -1.06. The van der Waals surface area contributed by atoms with Crippen LogP contribution in [-0.2, 0) is 19.6 Å². The predicted molar refractivity (Wildman–Crippen MR) is 138 cm³/mol. The number of ether oxygens (including phenoxy) is 1. The van der Waals surface area contributed by atoms with Crippen molar-refractivity contribution in [2.75, 3.05) is 7.11 Å². The Kier molecular flexibility index (Phi) is 6.95. The quantitative estimate of drug-likeness (QED) is 0.493. The molecule has 1 amide bonds. The highest BCUT2D eigenvalue weighted by Gasteiger charge is 2.43. The summed E-state index contributed by atoms with van der Waals surface area (Å²) in [6.07, 6.45) is 8.45. The molecular weight excluding hydrogens is 498 g/mol. The number of nitrogens with zero attached hydrogens (tertiary/aromatic N) is 4. The molecule has 1 N–H and O–H groups in total. The first-order chi connectivity index (χ1) is 17.6. The van der Waals surface area contributed by atoms with Gasteiger partial charge in [0.2, 0.25) is 5.88 Å². The Hall–Kier alpha value is -4.31. The molecule has 2 unspecified atom stereocenters. The topological polar surface area (TPSA) is 125 Å². The van der Waals surface area contributed by atoms with Crippen molar-refractivity contribution in [3.63, 3.8) is 0 Å². The van der Waals surface area contributed by atoms with Crippen LogP contribution in [-0.4, -0.2) is 38.4 Å². The van der Waals surface area contributed by atoms with E-state index < -0.39 is 28.6 Å². The summed E-state index contributed by atoms with van der Waals surface area (Å²) in [5, 5.41) is 3.47. The Morgan fingerprint density at radius 3 is 2.65 bits per heavy atom. The van der Waals surface area contributed by atoms with Gasteiger partial charge in [0.25, 0.3) is 11.5 Å². The molecule has 1 aliphatic carbocycles. The fraction of sp³-hybridized carbons (Fsp3) is 0.231. The molecule has 10 nitrogen and oxygen atoms in total. The first kappa shape index (κ1) is 25.8. The zero-order valence-electron chi connectivity index (χ0n) is 20.6. The zero-order chi connectivity index (χ0) is 26.9. The Morgan fingerprint density at radius 2 is 1.97 bits per heavy atom. The number of hydrogen-bond acceptors (Lipinski definition) is 7. The van der Waals surface area contributed by atoms with Crippen LogP contribution in [0.2, 0.25) is 5.02 Å². The third-order valence-corrected chi connectivity index (χ3v) is 6.81. The molecule has 0 radical (unpaired) electrons. The summed E-state index contributed by atoms with van der Waals surface area (Å²) in [5.74, 6) is -1.22. The van der Waals surface area contributed by atoms with Crippen LogP contribution in [0.15, 0.2) is 64.5 Å². The van der Waals surface area contributed by atoms with Crippen molar-refractivity contribution in [3.8, 4) is 5.88 Å². The van der Waals surface area contributed by atoms with Crippen molar-refractivity contribution >= 4 is 29.4 Å². The van der Waals surface area contributed by atoms with E-state index in [0.717, 1.165) is 20.3 Å². The molecule has 1 aromatic carbocycles. The molecule has 0 bridgehead atoms. The molecule has 4 rings (SSSR count). The van der Waals surface area contributed by atoms with Crippen molar-refractivity contribution < 1.29 is 14.3 Å². The van der Waals surface area contributed by atoms with E-state index in [9.17, 15) is 19.2 Å². The Bertz CT molecular complexity index is 1590.